The Kier molecular flexibility index (Phi) is 25.8. The Morgan fingerprint density at radius 3 is 2.08 bits per heavy atom. The number of carbonyl (C=O) groups excluding carboxylic acids is 3. The van der Waals surface area contributed by atoms with Crippen molar-refractivity contribution in [1.82, 2.24) is 15.5 Å². The van der Waals surface area contributed by atoms with Crippen LogP contribution in [0.2, 0.25) is 6.04 Å². The number of nitrogens with zero attached hydrogens (tertiary/aromatic N) is 1. The molecule has 48 heavy (non-hydrogen) atoms. The van der Waals surface area contributed by atoms with Crippen molar-refractivity contribution in [1.29, 1.82) is 0 Å². The number of nitrogens with one attached hydrogen (secondary N) is 2. The fourth-order valence-corrected chi connectivity index (χ4v) is 9.25. The predicted octanol–water partition coefficient (Wildman–Crippen LogP) is 7.14. The summed E-state index contributed by atoms with van der Waals surface area (Å²) in [6.45, 7) is 13.9. The maximum absolute atomic E-state index is 12.9. The molecule has 10 nitrogen and oxygen atoms in total. The van der Waals surface area contributed by atoms with Crippen molar-refractivity contribution in [3.8, 4) is 0 Å². The average Bonchev–Trinajstić information content (AvgIpc) is 3.06. The lowest BCUT2D eigenvalue weighted by molar-refractivity contribution is -0.131. The topological polar surface area (TPSA) is 132 Å². The van der Waals surface area contributed by atoms with Gasteiger partial charge < -0.3 is 34.5 Å². The number of ketones is 1. The minimum absolute atomic E-state index is 0.142. The molecular formula is C37H72N4O6Si. The molecule has 0 aromatic heterocycles. The lowest BCUT2D eigenvalue weighted by atomic mass is 9.77. The number of nitrogens with two attached hydrogens (primary N) is 1. The molecule has 1 aliphatic carbocycles. The van der Waals surface area contributed by atoms with Gasteiger partial charge in [0.1, 0.15) is 5.78 Å². The quantitative estimate of drug-likeness (QED) is 0.0413. The molecule has 1 aliphatic rings. The summed E-state index contributed by atoms with van der Waals surface area (Å²) < 4.78 is 17.6. The van der Waals surface area contributed by atoms with Gasteiger partial charge in [-0.05, 0) is 85.0 Å². The van der Waals surface area contributed by atoms with Crippen LogP contribution in [0.3, 0.4) is 0 Å². The summed E-state index contributed by atoms with van der Waals surface area (Å²) >= 11 is 0. The average molecular weight is 697 g/mol. The smallest absolute Gasteiger partial charge is 0.374 e. The van der Waals surface area contributed by atoms with Gasteiger partial charge in [0.2, 0.25) is 5.91 Å². The van der Waals surface area contributed by atoms with Gasteiger partial charge in [-0.25, -0.2) is 4.79 Å². The third kappa shape index (κ3) is 20.0. The Morgan fingerprint density at radius 2 is 1.46 bits per heavy atom. The summed E-state index contributed by atoms with van der Waals surface area (Å²) in [6, 6.07) is 0.434. The van der Waals surface area contributed by atoms with Gasteiger partial charge in [-0.1, -0.05) is 63.5 Å². The highest BCUT2D eigenvalue weighted by Gasteiger charge is 2.39. The van der Waals surface area contributed by atoms with Crippen molar-refractivity contribution in [3.05, 3.63) is 11.6 Å². The van der Waals surface area contributed by atoms with Crippen LogP contribution in [0.4, 0.5) is 4.79 Å². The fraction of sp³-hybridized carbons (Fsp3) is 0.865. The van der Waals surface area contributed by atoms with Gasteiger partial charge in [0.15, 0.2) is 0 Å². The lowest BCUT2D eigenvalue weighted by Crippen LogP contribution is -2.46. The molecule has 0 fully saturated rings. The lowest BCUT2D eigenvalue weighted by Gasteiger charge is -2.28. The van der Waals surface area contributed by atoms with Gasteiger partial charge in [0.25, 0.3) is 0 Å². The number of hydrogen-bond acceptors (Lipinski definition) is 7. The van der Waals surface area contributed by atoms with Crippen LogP contribution < -0.4 is 16.4 Å². The van der Waals surface area contributed by atoms with E-state index in [0.29, 0.717) is 89.6 Å². The number of hydrogen-bond donors (Lipinski definition) is 3. The van der Waals surface area contributed by atoms with E-state index < -0.39 is 8.80 Å². The molecule has 3 amide bonds. The van der Waals surface area contributed by atoms with Crippen LogP contribution in [0, 0.1) is 11.8 Å². The first-order chi connectivity index (χ1) is 23.2. The zero-order chi connectivity index (χ0) is 35.5. The van der Waals surface area contributed by atoms with Crippen molar-refractivity contribution in [2.75, 3.05) is 52.5 Å². The van der Waals surface area contributed by atoms with Crippen molar-refractivity contribution < 1.29 is 27.7 Å². The van der Waals surface area contributed by atoms with Gasteiger partial charge in [-0.3, -0.25) is 9.59 Å². The van der Waals surface area contributed by atoms with E-state index in [1.54, 1.807) is 6.92 Å². The Morgan fingerprint density at radius 1 is 0.833 bits per heavy atom. The van der Waals surface area contributed by atoms with Crippen molar-refractivity contribution >= 4 is 26.5 Å². The maximum Gasteiger partial charge on any atom is 0.500 e. The number of Topliss-reactive ketones (excluding diaryl/α,β-unsaturated/α-hetero) is 1. The molecule has 0 radical (unpaired) electrons. The molecule has 4 N–H and O–H groups in total. The summed E-state index contributed by atoms with van der Waals surface area (Å²) in [7, 11) is -2.70. The minimum Gasteiger partial charge on any atom is -0.374 e. The molecule has 280 valence electrons. The minimum atomic E-state index is -2.70. The highest BCUT2D eigenvalue weighted by atomic mass is 28.4. The van der Waals surface area contributed by atoms with Crippen LogP contribution in [-0.2, 0) is 22.9 Å². The van der Waals surface area contributed by atoms with Gasteiger partial charge in [0.05, 0.1) is 0 Å². The largest absolute Gasteiger partial charge is 0.500 e. The second-order valence-corrected chi connectivity index (χ2v) is 16.0. The molecule has 0 spiro atoms. The molecule has 0 bridgehead atoms. The number of urea groups is 1. The summed E-state index contributed by atoms with van der Waals surface area (Å²) in [5.74, 6) is 1.27. The molecule has 11 heteroatoms. The van der Waals surface area contributed by atoms with Crippen molar-refractivity contribution in [3.63, 3.8) is 0 Å². The SMILES string of the molecule is CCCCCCC1C=C(CCCCCCCC(=O)N(CCN)CCCNC(=O)NCCC[Si](OCC)(OCC)OCC)CC(C(C)=O)C1. The Labute approximate surface area is 294 Å². The van der Waals surface area contributed by atoms with Crippen LogP contribution in [0.25, 0.3) is 0 Å². The van der Waals surface area contributed by atoms with Gasteiger partial charge >= 0.3 is 14.8 Å². The van der Waals surface area contributed by atoms with E-state index in [9.17, 15) is 14.4 Å². The summed E-state index contributed by atoms with van der Waals surface area (Å²) in [6.07, 6.45) is 19.2. The van der Waals surface area contributed by atoms with Gasteiger partial charge in [0, 0.05) is 70.9 Å². The van der Waals surface area contributed by atoms with Crippen LogP contribution in [-0.4, -0.2) is 84.0 Å². The summed E-state index contributed by atoms with van der Waals surface area (Å²) in [5, 5.41) is 5.78. The van der Waals surface area contributed by atoms with E-state index in [0.717, 1.165) is 51.4 Å². The fourth-order valence-electron chi connectivity index (χ4n) is 6.64. The second-order valence-electron chi connectivity index (χ2n) is 13.2. The highest BCUT2D eigenvalue weighted by Crippen LogP contribution is 2.34. The first-order valence-corrected chi connectivity index (χ1v) is 21.3. The zero-order valence-corrected chi connectivity index (χ0v) is 32.4. The van der Waals surface area contributed by atoms with E-state index in [1.165, 1.54) is 37.7 Å². The van der Waals surface area contributed by atoms with Crippen molar-refractivity contribution in [2.24, 2.45) is 17.6 Å². The third-order valence-corrected chi connectivity index (χ3v) is 12.3. The molecule has 0 saturated heterocycles. The highest BCUT2D eigenvalue weighted by molar-refractivity contribution is 6.60. The molecule has 0 saturated carbocycles. The molecule has 0 aromatic carbocycles. The van der Waals surface area contributed by atoms with Crippen molar-refractivity contribution in [2.45, 2.75) is 143 Å². The van der Waals surface area contributed by atoms with Crippen LogP contribution in [0.5, 0.6) is 0 Å². The van der Waals surface area contributed by atoms with Crippen LogP contribution in [0.1, 0.15) is 137 Å². The molecule has 0 aromatic rings. The number of carbonyl (C=O) groups is 3. The number of rotatable bonds is 30. The van der Waals surface area contributed by atoms with Crippen LogP contribution >= 0.6 is 0 Å². The van der Waals surface area contributed by atoms with Crippen LogP contribution in [0.15, 0.2) is 11.6 Å². The molecule has 1 rings (SSSR count). The first-order valence-electron chi connectivity index (χ1n) is 19.3. The molecule has 2 unspecified atom stereocenters. The number of unbranched alkanes of at least 4 members (excludes halogenated alkanes) is 7. The van der Waals surface area contributed by atoms with Gasteiger partial charge in [-0.15, -0.1) is 0 Å². The second kappa shape index (κ2) is 28.0. The predicted molar refractivity (Wildman–Crippen MR) is 198 cm³/mol. The Hall–Kier alpha value is -1.79. The molecule has 2 atom stereocenters. The Balaban J connectivity index is 2.26. The monoisotopic (exact) mass is 697 g/mol. The van der Waals surface area contributed by atoms with E-state index >= 15 is 0 Å². The molecule has 0 heterocycles. The standard InChI is InChI=1S/C37H72N4O6Si/c1-6-10-11-15-20-33-29-34(31-35(30-33)32(5)42)21-16-13-12-14-17-22-36(43)41(27-23-38)26-18-24-39-37(44)40-25-19-28-48(45-7-2,46-8-3)47-9-4/h29,33,35H,6-28,30-31,38H2,1-5H3,(H2,39,40,44). The summed E-state index contributed by atoms with van der Waals surface area (Å²) in [5.41, 5.74) is 7.29. The third-order valence-electron chi connectivity index (χ3n) is 9.14. The number of amides is 3. The summed E-state index contributed by atoms with van der Waals surface area (Å²) in [4.78, 5) is 39.2. The first kappa shape index (κ1) is 44.2. The van der Waals surface area contributed by atoms with Gasteiger partial charge in [-0.2, -0.15) is 0 Å². The number of allylic oxidation sites excluding steroid dienone is 2. The Bertz CT molecular complexity index is 888. The van der Waals surface area contributed by atoms with E-state index in [-0.39, 0.29) is 17.9 Å². The maximum atomic E-state index is 12.9. The normalized spacial score (nSPS) is 16.4. The van der Waals surface area contributed by atoms with E-state index in [4.69, 9.17) is 19.0 Å². The van der Waals surface area contributed by atoms with E-state index in [2.05, 4.69) is 23.6 Å². The zero-order valence-electron chi connectivity index (χ0n) is 31.4. The molecular weight excluding hydrogens is 625 g/mol. The molecule has 0 aliphatic heterocycles. The van der Waals surface area contributed by atoms with E-state index in [1.807, 2.05) is 25.7 Å².